The summed E-state index contributed by atoms with van der Waals surface area (Å²) in [6.07, 6.45) is 3.02. The molecule has 1 aliphatic heterocycles. The van der Waals surface area contributed by atoms with E-state index in [9.17, 15) is 9.90 Å². The van der Waals surface area contributed by atoms with Gasteiger partial charge in [-0.3, -0.25) is 9.88 Å². The van der Waals surface area contributed by atoms with Crippen LogP contribution in [0.15, 0.2) is 60.8 Å². The largest absolute Gasteiger partial charge is 0.478 e. The van der Waals surface area contributed by atoms with Gasteiger partial charge in [0, 0.05) is 36.6 Å². The minimum Gasteiger partial charge on any atom is -0.478 e. The molecule has 2 fully saturated rings. The summed E-state index contributed by atoms with van der Waals surface area (Å²) < 4.78 is 0. The molecule has 5 rings (SSSR count). The molecule has 1 aliphatic carbocycles. The molecule has 4 heteroatoms. The topological polar surface area (TPSA) is 53.4 Å². The van der Waals surface area contributed by atoms with E-state index in [1.54, 1.807) is 18.3 Å². The summed E-state index contributed by atoms with van der Waals surface area (Å²) in [6.45, 7) is 2.99. The van der Waals surface area contributed by atoms with Gasteiger partial charge in [-0.25, -0.2) is 4.79 Å². The molecule has 3 aromatic rings. The Bertz CT molecular complexity index is 1000. The van der Waals surface area contributed by atoms with Crippen molar-refractivity contribution in [3.8, 4) is 0 Å². The van der Waals surface area contributed by atoms with Gasteiger partial charge in [-0.2, -0.15) is 0 Å². The number of nitrogens with zero attached hydrogens (tertiary/aromatic N) is 2. The Morgan fingerprint density at radius 3 is 2.81 bits per heavy atom. The van der Waals surface area contributed by atoms with Crippen LogP contribution in [0.2, 0.25) is 0 Å². The lowest BCUT2D eigenvalue weighted by Gasteiger charge is -2.22. The Kier molecular flexibility index (Phi) is 3.37. The van der Waals surface area contributed by atoms with Crippen LogP contribution in [0, 0.1) is 5.92 Å². The van der Waals surface area contributed by atoms with Gasteiger partial charge in [0.15, 0.2) is 0 Å². The monoisotopic (exact) mass is 344 g/mol. The van der Waals surface area contributed by atoms with E-state index in [1.165, 1.54) is 12.0 Å². The Morgan fingerprint density at radius 1 is 1.15 bits per heavy atom. The summed E-state index contributed by atoms with van der Waals surface area (Å²) in [5, 5.41) is 10.1. The number of carboxylic acids is 1. The summed E-state index contributed by atoms with van der Waals surface area (Å²) in [5.41, 5.74) is 4.02. The number of likely N-dealkylation sites (tertiary alicyclic amines) is 1. The number of rotatable bonds is 4. The lowest BCUT2D eigenvalue weighted by molar-refractivity contribution is 0.0699. The number of fused-ring (bicyclic) bond motifs is 2. The molecule has 2 atom stereocenters. The Balaban J connectivity index is 1.44. The molecule has 1 saturated carbocycles. The lowest BCUT2D eigenvalue weighted by atomic mass is 9.95. The zero-order valence-electron chi connectivity index (χ0n) is 14.4. The van der Waals surface area contributed by atoms with Gasteiger partial charge >= 0.3 is 5.97 Å². The van der Waals surface area contributed by atoms with Crippen molar-refractivity contribution in [3.05, 3.63) is 77.5 Å². The van der Waals surface area contributed by atoms with Gasteiger partial charge in [-0.05, 0) is 35.6 Å². The van der Waals surface area contributed by atoms with Gasteiger partial charge in [-0.1, -0.05) is 42.5 Å². The number of carboxylic acid groups (broad SMARTS) is 1. The molecule has 1 N–H and O–H groups in total. The molecule has 2 heterocycles. The first-order valence-corrected chi connectivity index (χ1v) is 9.05. The zero-order chi connectivity index (χ0) is 17.7. The Morgan fingerprint density at radius 2 is 2.00 bits per heavy atom. The molecule has 4 nitrogen and oxygen atoms in total. The van der Waals surface area contributed by atoms with Crippen molar-refractivity contribution < 1.29 is 9.90 Å². The highest BCUT2D eigenvalue weighted by molar-refractivity contribution is 6.03. The predicted molar refractivity (Wildman–Crippen MR) is 100 cm³/mol. The molecule has 0 bridgehead atoms. The second-order valence-corrected chi connectivity index (χ2v) is 7.57. The molecular weight excluding hydrogens is 324 g/mol. The van der Waals surface area contributed by atoms with E-state index in [1.807, 2.05) is 12.1 Å². The highest BCUT2D eigenvalue weighted by Gasteiger charge is 2.60. The molecule has 2 aliphatic rings. The lowest BCUT2D eigenvalue weighted by Crippen LogP contribution is -2.26. The quantitative estimate of drug-likeness (QED) is 0.784. The molecule has 26 heavy (non-hydrogen) atoms. The smallest absolute Gasteiger partial charge is 0.336 e. The van der Waals surface area contributed by atoms with Crippen LogP contribution in [-0.2, 0) is 12.0 Å². The van der Waals surface area contributed by atoms with Gasteiger partial charge in [0.05, 0.1) is 11.1 Å². The first-order valence-electron chi connectivity index (χ1n) is 9.05. The van der Waals surface area contributed by atoms with Crippen LogP contribution in [-0.4, -0.2) is 34.0 Å². The van der Waals surface area contributed by atoms with Crippen LogP contribution in [0.3, 0.4) is 0 Å². The zero-order valence-corrected chi connectivity index (χ0v) is 14.4. The molecule has 0 spiro atoms. The first-order chi connectivity index (χ1) is 12.7. The van der Waals surface area contributed by atoms with Crippen LogP contribution < -0.4 is 0 Å². The maximum atomic E-state index is 11.5. The molecule has 2 aromatic carbocycles. The fraction of sp³-hybridized carbons (Fsp3) is 0.273. The van der Waals surface area contributed by atoms with E-state index >= 15 is 0 Å². The number of carbonyl (C=O) groups is 1. The summed E-state index contributed by atoms with van der Waals surface area (Å²) >= 11 is 0. The van der Waals surface area contributed by atoms with Gasteiger partial charge in [0.25, 0.3) is 0 Å². The fourth-order valence-electron chi connectivity index (χ4n) is 4.71. The number of benzene rings is 2. The third-order valence-corrected chi connectivity index (χ3v) is 6.04. The van der Waals surface area contributed by atoms with Crippen LogP contribution >= 0.6 is 0 Å². The van der Waals surface area contributed by atoms with Gasteiger partial charge < -0.3 is 5.11 Å². The van der Waals surface area contributed by atoms with Crippen LogP contribution in [0.5, 0.6) is 0 Å². The Hall–Kier alpha value is -2.72. The van der Waals surface area contributed by atoms with Crippen molar-refractivity contribution in [3.63, 3.8) is 0 Å². The third-order valence-electron chi connectivity index (χ3n) is 6.04. The van der Waals surface area contributed by atoms with Crippen molar-refractivity contribution in [1.29, 1.82) is 0 Å². The second-order valence-electron chi connectivity index (χ2n) is 7.57. The van der Waals surface area contributed by atoms with Crippen molar-refractivity contribution >= 4 is 16.9 Å². The van der Waals surface area contributed by atoms with E-state index in [4.69, 9.17) is 0 Å². The molecule has 2 unspecified atom stereocenters. The van der Waals surface area contributed by atoms with E-state index < -0.39 is 5.97 Å². The minimum absolute atomic E-state index is 0.321. The third kappa shape index (κ3) is 2.33. The maximum absolute atomic E-state index is 11.5. The average molecular weight is 344 g/mol. The highest BCUT2D eigenvalue weighted by Crippen LogP contribution is 2.59. The van der Waals surface area contributed by atoms with Crippen molar-refractivity contribution in [1.82, 2.24) is 9.88 Å². The van der Waals surface area contributed by atoms with E-state index in [0.717, 1.165) is 42.0 Å². The summed E-state index contributed by atoms with van der Waals surface area (Å²) in [4.78, 5) is 18.5. The highest BCUT2D eigenvalue weighted by atomic mass is 16.4. The van der Waals surface area contributed by atoms with Crippen molar-refractivity contribution in [2.75, 3.05) is 13.1 Å². The van der Waals surface area contributed by atoms with Gasteiger partial charge in [0.1, 0.15) is 0 Å². The van der Waals surface area contributed by atoms with E-state index in [0.29, 0.717) is 11.0 Å². The molecule has 1 aromatic heterocycles. The SMILES string of the molecule is O=C(O)c1ccc(CN2CC3CC3(c3ccccc3)C2)c2ncccc12. The van der Waals surface area contributed by atoms with E-state index in [-0.39, 0.29) is 0 Å². The Labute approximate surface area is 152 Å². The number of hydrogen-bond acceptors (Lipinski definition) is 3. The molecule has 0 amide bonds. The predicted octanol–water partition coefficient (Wildman–Crippen LogP) is 3.71. The summed E-state index contributed by atoms with van der Waals surface area (Å²) in [7, 11) is 0. The maximum Gasteiger partial charge on any atom is 0.336 e. The fourth-order valence-corrected chi connectivity index (χ4v) is 4.71. The summed E-state index contributed by atoms with van der Waals surface area (Å²) in [6, 6.07) is 18.1. The molecule has 0 radical (unpaired) electrons. The standard InChI is InChI=1S/C22H20N2O2/c25-21(26)19-9-8-15(20-18(19)7-4-10-23-20)12-24-13-17-11-22(17,14-24)16-5-2-1-3-6-16/h1-10,17H,11-14H2,(H,25,26). The summed E-state index contributed by atoms with van der Waals surface area (Å²) in [5.74, 6) is -0.164. The van der Waals surface area contributed by atoms with Gasteiger partial charge in [-0.15, -0.1) is 0 Å². The van der Waals surface area contributed by atoms with Crippen molar-refractivity contribution in [2.45, 2.75) is 18.4 Å². The number of aromatic carboxylic acids is 1. The van der Waals surface area contributed by atoms with E-state index in [2.05, 4.69) is 40.2 Å². The number of pyridine rings is 1. The van der Waals surface area contributed by atoms with Crippen molar-refractivity contribution in [2.24, 2.45) is 5.92 Å². The average Bonchev–Trinajstić information content (AvgIpc) is 3.24. The normalized spacial score (nSPS) is 24.5. The number of piperidine rings is 1. The van der Waals surface area contributed by atoms with Gasteiger partial charge in [0.2, 0.25) is 0 Å². The molecule has 1 saturated heterocycles. The second kappa shape index (κ2) is 5.64. The number of aromatic nitrogens is 1. The minimum atomic E-state index is -0.903. The molecular formula is C22H20N2O2. The molecule has 130 valence electrons. The number of hydrogen-bond donors (Lipinski definition) is 1. The van der Waals surface area contributed by atoms with Crippen LogP contribution in [0.1, 0.15) is 27.9 Å². The van der Waals surface area contributed by atoms with Crippen LogP contribution in [0.4, 0.5) is 0 Å². The van der Waals surface area contributed by atoms with Crippen LogP contribution in [0.25, 0.3) is 10.9 Å². The first kappa shape index (κ1) is 15.5.